The number of hydrogen-bond acceptors (Lipinski definition) is 4. The lowest BCUT2D eigenvalue weighted by Crippen LogP contribution is -2.40. The lowest BCUT2D eigenvalue weighted by molar-refractivity contribution is -0.116. The molecule has 24 heavy (non-hydrogen) atoms. The van der Waals surface area contributed by atoms with Crippen molar-refractivity contribution >= 4 is 17.7 Å². The predicted octanol–water partition coefficient (Wildman–Crippen LogP) is 2.48. The van der Waals surface area contributed by atoms with Gasteiger partial charge in [0, 0.05) is 18.8 Å². The summed E-state index contributed by atoms with van der Waals surface area (Å²) in [5, 5.41) is 2.97. The average Bonchev–Trinajstić information content (AvgIpc) is 2.44. The topological polar surface area (TPSA) is 61.9 Å². The number of anilines is 1. The van der Waals surface area contributed by atoms with E-state index in [1.807, 2.05) is 58.0 Å². The van der Waals surface area contributed by atoms with Gasteiger partial charge in [-0.2, -0.15) is 0 Å². The number of ether oxygens (including phenoxy) is 1. The van der Waals surface area contributed by atoms with Gasteiger partial charge in [-0.25, -0.2) is 4.79 Å². The Labute approximate surface area is 143 Å². The van der Waals surface area contributed by atoms with Gasteiger partial charge in [0.15, 0.2) is 0 Å². The molecule has 1 heterocycles. The van der Waals surface area contributed by atoms with Crippen molar-refractivity contribution in [2.24, 2.45) is 0 Å². The van der Waals surface area contributed by atoms with Crippen LogP contribution in [0.2, 0.25) is 0 Å². The lowest BCUT2D eigenvalue weighted by atomic mass is 9.98. The van der Waals surface area contributed by atoms with E-state index in [0.717, 1.165) is 16.8 Å². The van der Waals surface area contributed by atoms with E-state index >= 15 is 0 Å². The molecule has 0 aliphatic carbocycles. The molecule has 0 bridgehead atoms. The summed E-state index contributed by atoms with van der Waals surface area (Å²) in [4.78, 5) is 27.8. The Hall–Kier alpha value is -2.08. The minimum atomic E-state index is -0.501. The van der Waals surface area contributed by atoms with Crippen molar-refractivity contribution in [3.8, 4) is 0 Å². The number of nitrogens with zero attached hydrogens (tertiary/aromatic N) is 2. The van der Waals surface area contributed by atoms with Gasteiger partial charge in [-0.1, -0.05) is 12.1 Å². The minimum absolute atomic E-state index is 0.0389. The zero-order chi connectivity index (χ0) is 17.9. The summed E-state index contributed by atoms with van der Waals surface area (Å²) in [6.07, 6.45) is 0.405. The molecular formula is C18H27N3O3. The number of hydrogen-bond donors (Lipinski definition) is 1. The molecule has 6 nitrogen and oxygen atoms in total. The van der Waals surface area contributed by atoms with Gasteiger partial charge in [-0.15, -0.1) is 0 Å². The van der Waals surface area contributed by atoms with Crippen LogP contribution in [0.1, 0.15) is 31.9 Å². The van der Waals surface area contributed by atoms with Gasteiger partial charge in [0.1, 0.15) is 5.60 Å². The fraction of sp³-hybridized carbons (Fsp3) is 0.556. The van der Waals surface area contributed by atoms with Crippen molar-refractivity contribution < 1.29 is 14.3 Å². The molecule has 0 fully saturated rings. The van der Waals surface area contributed by atoms with Crippen molar-refractivity contribution in [2.45, 2.75) is 39.3 Å². The number of nitrogens with one attached hydrogen (secondary N) is 1. The second-order valence-electron chi connectivity index (χ2n) is 7.38. The fourth-order valence-corrected chi connectivity index (χ4v) is 2.69. The van der Waals surface area contributed by atoms with E-state index in [-0.39, 0.29) is 12.0 Å². The number of benzene rings is 1. The van der Waals surface area contributed by atoms with Crippen LogP contribution >= 0.6 is 0 Å². The number of carbonyl (C=O) groups excluding carboxylic acids is 2. The van der Waals surface area contributed by atoms with Crippen molar-refractivity contribution in [1.29, 1.82) is 0 Å². The lowest BCUT2D eigenvalue weighted by Gasteiger charge is -2.32. The molecule has 0 radical (unpaired) electrons. The summed E-state index contributed by atoms with van der Waals surface area (Å²) in [6.45, 7) is 7.02. The van der Waals surface area contributed by atoms with E-state index in [9.17, 15) is 9.59 Å². The van der Waals surface area contributed by atoms with Gasteiger partial charge >= 0.3 is 6.09 Å². The van der Waals surface area contributed by atoms with Gasteiger partial charge in [0.2, 0.25) is 5.91 Å². The number of likely N-dealkylation sites (N-methyl/N-ethyl adjacent to an activating group) is 1. The van der Waals surface area contributed by atoms with Crippen LogP contribution in [0, 0.1) is 0 Å². The third-order valence-corrected chi connectivity index (χ3v) is 3.65. The molecule has 6 heteroatoms. The summed E-state index contributed by atoms with van der Waals surface area (Å²) in [5.74, 6) is -0.0389. The largest absolute Gasteiger partial charge is 0.444 e. The maximum Gasteiger partial charge on any atom is 0.410 e. The Morgan fingerprint density at radius 2 is 2.00 bits per heavy atom. The number of amides is 2. The maximum atomic E-state index is 12.2. The molecule has 0 saturated heterocycles. The first-order valence-electron chi connectivity index (χ1n) is 8.19. The molecule has 0 unspecified atom stereocenters. The van der Waals surface area contributed by atoms with E-state index < -0.39 is 5.60 Å². The van der Waals surface area contributed by atoms with Crippen molar-refractivity contribution in [3.63, 3.8) is 0 Å². The van der Waals surface area contributed by atoms with Gasteiger partial charge in [-0.3, -0.25) is 4.79 Å². The van der Waals surface area contributed by atoms with Gasteiger partial charge in [0.05, 0.1) is 6.54 Å². The first-order valence-corrected chi connectivity index (χ1v) is 8.19. The van der Waals surface area contributed by atoms with Crippen LogP contribution in [-0.2, 0) is 22.5 Å². The highest BCUT2D eigenvalue weighted by atomic mass is 16.6. The highest BCUT2D eigenvalue weighted by molar-refractivity contribution is 5.93. The quantitative estimate of drug-likeness (QED) is 0.923. The Morgan fingerprint density at radius 3 is 2.62 bits per heavy atom. The molecule has 1 aromatic carbocycles. The summed E-state index contributed by atoms with van der Waals surface area (Å²) in [5.41, 5.74) is 2.49. The Morgan fingerprint density at radius 1 is 1.29 bits per heavy atom. The van der Waals surface area contributed by atoms with E-state index in [0.29, 0.717) is 26.1 Å². The fourth-order valence-electron chi connectivity index (χ4n) is 2.69. The summed E-state index contributed by atoms with van der Waals surface area (Å²) in [7, 11) is 3.72. The van der Waals surface area contributed by atoms with Crippen molar-refractivity contribution in [3.05, 3.63) is 29.3 Å². The molecule has 1 aliphatic heterocycles. The minimum Gasteiger partial charge on any atom is -0.444 e. The molecular weight excluding hydrogens is 306 g/mol. The SMILES string of the molecule is CN(C)CC(=O)Nc1cccc2c1CCN(C(=O)OC(C)(C)C)C2. The Bertz CT molecular complexity index is 620. The highest BCUT2D eigenvalue weighted by Gasteiger charge is 2.26. The van der Waals surface area contributed by atoms with E-state index in [2.05, 4.69) is 5.32 Å². The molecule has 0 saturated carbocycles. The summed E-state index contributed by atoms with van der Waals surface area (Å²) < 4.78 is 5.44. The molecule has 0 atom stereocenters. The average molecular weight is 333 g/mol. The molecule has 2 amide bonds. The third-order valence-electron chi connectivity index (χ3n) is 3.65. The van der Waals surface area contributed by atoms with E-state index in [4.69, 9.17) is 4.74 Å². The molecule has 1 aromatic rings. The van der Waals surface area contributed by atoms with Crippen LogP contribution in [0.3, 0.4) is 0 Å². The van der Waals surface area contributed by atoms with Crippen LogP contribution in [-0.4, -0.2) is 54.6 Å². The summed E-state index contributed by atoms with van der Waals surface area (Å²) in [6, 6.07) is 5.81. The zero-order valence-electron chi connectivity index (χ0n) is 15.2. The van der Waals surface area contributed by atoms with Gasteiger partial charge in [0.25, 0.3) is 0 Å². The first kappa shape index (κ1) is 18.3. The standard InChI is InChI=1S/C18H27N3O3/c1-18(2,3)24-17(23)21-10-9-14-13(11-21)7-6-8-15(14)19-16(22)12-20(4)5/h6-8H,9-12H2,1-5H3,(H,19,22). The van der Waals surface area contributed by atoms with Crippen LogP contribution in [0.5, 0.6) is 0 Å². The zero-order valence-corrected chi connectivity index (χ0v) is 15.2. The Balaban J connectivity index is 2.09. The smallest absolute Gasteiger partial charge is 0.410 e. The second kappa shape index (κ2) is 7.21. The van der Waals surface area contributed by atoms with Crippen LogP contribution < -0.4 is 5.32 Å². The van der Waals surface area contributed by atoms with Crippen molar-refractivity contribution in [1.82, 2.24) is 9.80 Å². The van der Waals surface area contributed by atoms with Crippen LogP contribution in [0.25, 0.3) is 0 Å². The third kappa shape index (κ3) is 4.96. The molecule has 132 valence electrons. The molecule has 1 aliphatic rings. The number of rotatable bonds is 3. The molecule has 1 N–H and O–H groups in total. The maximum absolute atomic E-state index is 12.2. The second-order valence-corrected chi connectivity index (χ2v) is 7.38. The predicted molar refractivity (Wildman–Crippen MR) is 94.0 cm³/mol. The van der Waals surface area contributed by atoms with Crippen LogP contribution in [0.15, 0.2) is 18.2 Å². The number of fused-ring (bicyclic) bond motifs is 1. The highest BCUT2D eigenvalue weighted by Crippen LogP contribution is 2.27. The normalized spacial score (nSPS) is 14.3. The van der Waals surface area contributed by atoms with Crippen LogP contribution in [0.4, 0.5) is 10.5 Å². The molecule has 2 rings (SSSR count). The van der Waals surface area contributed by atoms with E-state index in [1.54, 1.807) is 4.90 Å². The number of carbonyl (C=O) groups is 2. The van der Waals surface area contributed by atoms with Gasteiger partial charge in [-0.05, 0) is 58.5 Å². The van der Waals surface area contributed by atoms with Crippen molar-refractivity contribution in [2.75, 3.05) is 32.5 Å². The van der Waals surface area contributed by atoms with Gasteiger partial charge < -0.3 is 19.9 Å². The first-order chi connectivity index (χ1) is 11.2. The Kier molecular flexibility index (Phi) is 5.49. The molecule has 0 spiro atoms. The summed E-state index contributed by atoms with van der Waals surface area (Å²) >= 11 is 0. The monoisotopic (exact) mass is 333 g/mol. The molecule has 0 aromatic heterocycles. The van der Waals surface area contributed by atoms with E-state index in [1.165, 1.54) is 0 Å².